The zero-order valence-corrected chi connectivity index (χ0v) is 29.4. The lowest BCUT2D eigenvalue weighted by Crippen LogP contribution is -1.93. The van der Waals surface area contributed by atoms with Crippen LogP contribution in [0, 0.1) is 6.92 Å². The Labute approximate surface area is 309 Å². The van der Waals surface area contributed by atoms with E-state index in [-0.39, 0.29) is 0 Å². The van der Waals surface area contributed by atoms with Gasteiger partial charge in [-0.25, -0.2) is 0 Å². The molecule has 0 amide bonds. The van der Waals surface area contributed by atoms with Crippen molar-refractivity contribution in [2.75, 3.05) is 0 Å². The first-order chi connectivity index (χ1) is 26.2. The number of fused-ring (bicyclic) bond motifs is 6. The Morgan fingerprint density at radius 3 is 1.32 bits per heavy atom. The molecule has 0 aliphatic heterocycles. The predicted octanol–water partition coefficient (Wildman–Crippen LogP) is 13.7. The van der Waals surface area contributed by atoms with Gasteiger partial charge in [0.2, 0.25) is 0 Å². The predicted molar refractivity (Wildman–Crippen MR) is 226 cm³/mol. The highest BCUT2D eigenvalue weighted by atomic mass is 15.0. The number of benzene rings is 8. The summed E-state index contributed by atoms with van der Waals surface area (Å²) in [5, 5.41) is 5.12. The maximum Gasteiger partial charge on any atom is 0.0541 e. The summed E-state index contributed by atoms with van der Waals surface area (Å²) < 4.78 is 4.73. The van der Waals surface area contributed by atoms with E-state index in [0.717, 1.165) is 0 Å². The lowest BCUT2D eigenvalue weighted by Gasteiger charge is -2.09. The lowest BCUT2D eigenvalue weighted by atomic mass is 10.0. The molecule has 0 saturated carbocycles. The van der Waals surface area contributed by atoms with Crippen molar-refractivity contribution in [1.29, 1.82) is 0 Å². The molecule has 0 N–H and O–H groups in total. The largest absolute Gasteiger partial charge is 0.309 e. The Bertz CT molecular complexity index is 2910. The minimum absolute atomic E-state index is 1.17. The van der Waals surface area contributed by atoms with Gasteiger partial charge >= 0.3 is 0 Å². The van der Waals surface area contributed by atoms with Gasteiger partial charge in [0.05, 0.1) is 22.1 Å². The molecular formula is C51H36N2. The van der Waals surface area contributed by atoms with E-state index in [1.54, 1.807) is 0 Å². The number of hydrogen-bond donors (Lipinski definition) is 0. The number of hydrogen-bond acceptors (Lipinski definition) is 0. The molecular weight excluding hydrogens is 641 g/mol. The van der Waals surface area contributed by atoms with Gasteiger partial charge in [-0.3, -0.25) is 0 Å². The van der Waals surface area contributed by atoms with Crippen LogP contribution >= 0.6 is 0 Å². The Morgan fingerprint density at radius 1 is 0.321 bits per heavy atom. The number of nitrogens with zero attached hydrogens (tertiary/aromatic N) is 2. The molecule has 0 radical (unpaired) electrons. The molecule has 2 heterocycles. The summed E-state index contributed by atoms with van der Waals surface area (Å²) in [6, 6.07) is 68.2. The summed E-state index contributed by atoms with van der Waals surface area (Å²) in [5.41, 5.74) is 15.7. The van der Waals surface area contributed by atoms with Gasteiger partial charge in [0.25, 0.3) is 0 Å². The molecule has 53 heavy (non-hydrogen) atoms. The minimum Gasteiger partial charge on any atom is -0.309 e. The second-order valence-corrected chi connectivity index (χ2v) is 13.9. The van der Waals surface area contributed by atoms with E-state index in [2.05, 4.69) is 216 Å². The molecule has 2 aromatic heterocycles. The van der Waals surface area contributed by atoms with E-state index < -0.39 is 0 Å². The number of aromatic nitrogens is 2. The van der Waals surface area contributed by atoms with Crippen molar-refractivity contribution >= 4 is 55.8 Å². The van der Waals surface area contributed by atoms with Gasteiger partial charge in [0.1, 0.15) is 0 Å². The minimum atomic E-state index is 1.17. The van der Waals surface area contributed by atoms with E-state index in [1.807, 2.05) is 0 Å². The Balaban J connectivity index is 0.879. The van der Waals surface area contributed by atoms with Gasteiger partial charge < -0.3 is 9.13 Å². The van der Waals surface area contributed by atoms with Crippen molar-refractivity contribution in [1.82, 2.24) is 9.13 Å². The average Bonchev–Trinajstić information content (AvgIpc) is 3.73. The van der Waals surface area contributed by atoms with Crippen molar-refractivity contribution in [2.24, 2.45) is 0 Å². The van der Waals surface area contributed by atoms with Gasteiger partial charge in [-0.15, -0.1) is 0 Å². The molecule has 0 fully saturated rings. The van der Waals surface area contributed by atoms with Crippen LogP contribution in [0.15, 0.2) is 188 Å². The third-order valence-corrected chi connectivity index (χ3v) is 10.6. The van der Waals surface area contributed by atoms with Crippen LogP contribution in [0.5, 0.6) is 0 Å². The molecule has 10 aromatic rings. The monoisotopic (exact) mass is 676 g/mol. The molecule has 0 aliphatic carbocycles. The van der Waals surface area contributed by atoms with Gasteiger partial charge in [-0.2, -0.15) is 0 Å². The maximum absolute atomic E-state index is 2.37. The van der Waals surface area contributed by atoms with E-state index >= 15 is 0 Å². The fraction of sp³-hybridized carbons (Fsp3) is 0.0196. The van der Waals surface area contributed by atoms with Crippen molar-refractivity contribution in [3.05, 3.63) is 205 Å². The topological polar surface area (TPSA) is 9.86 Å². The summed E-state index contributed by atoms with van der Waals surface area (Å²) in [6.07, 6.45) is 4.38. The lowest BCUT2D eigenvalue weighted by molar-refractivity contribution is 1.18. The third kappa shape index (κ3) is 5.44. The zero-order valence-electron chi connectivity index (χ0n) is 29.4. The Morgan fingerprint density at radius 2 is 0.736 bits per heavy atom. The zero-order chi connectivity index (χ0) is 35.3. The molecule has 0 aliphatic rings. The van der Waals surface area contributed by atoms with Crippen LogP contribution in [0.25, 0.3) is 89.4 Å². The van der Waals surface area contributed by atoms with Crippen LogP contribution < -0.4 is 0 Å². The average molecular weight is 677 g/mol. The number of para-hydroxylation sites is 3. The second-order valence-electron chi connectivity index (χ2n) is 13.9. The Hall–Kier alpha value is -6.90. The first-order valence-electron chi connectivity index (χ1n) is 18.3. The summed E-state index contributed by atoms with van der Waals surface area (Å²) in [7, 11) is 0. The number of rotatable bonds is 6. The molecule has 0 bridgehead atoms. The van der Waals surface area contributed by atoms with E-state index in [1.165, 1.54) is 93.9 Å². The smallest absolute Gasteiger partial charge is 0.0541 e. The van der Waals surface area contributed by atoms with Crippen LogP contribution in [0.2, 0.25) is 0 Å². The molecule has 250 valence electrons. The van der Waals surface area contributed by atoms with Crippen LogP contribution in [0.1, 0.15) is 16.7 Å². The van der Waals surface area contributed by atoms with Crippen LogP contribution in [0.4, 0.5) is 0 Å². The fourth-order valence-corrected chi connectivity index (χ4v) is 7.94. The van der Waals surface area contributed by atoms with Crippen molar-refractivity contribution in [3.63, 3.8) is 0 Å². The fourth-order valence-electron chi connectivity index (χ4n) is 7.94. The van der Waals surface area contributed by atoms with Crippen LogP contribution in [0.3, 0.4) is 0 Å². The molecule has 0 spiro atoms. The quantitative estimate of drug-likeness (QED) is 0.155. The van der Waals surface area contributed by atoms with Crippen LogP contribution in [-0.2, 0) is 0 Å². The molecule has 0 saturated heterocycles. The Kier molecular flexibility index (Phi) is 7.40. The normalized spacial score (nSPS) is 11.8. The summed E-state index contributed by atoms with van der Waals surface area (Å²) in [4.78, 5) is 0. The van der Waals surface area contributed by atoms with Gasteiger partial charge in [-0.1, -0.05) is 145 Å². The summed E-state index contributed by atoms with van der Waals surface area (Å²) >= 11 is 0. The highest BCUT2D eigenvalue weighted by molar-refractivity contribution is 6.11. The van der Waals surface area contributed by atoms with E-state index in [4.69, 9.17) is 0 Å². The van der Waals surface area contributed by atoms with Crippen molar-refractivity contribution in [2.45, 2.75) is 6.92 Å². The molecule has 0 atom stereocenters. The SMILES string of the molecule is Cc1ccc2c(c1)c1cc(-c3ccc(/C=C/c4ccc(-c5ccc(-n6c7ccccc7c7ccccc76)cc5)cc4)cc3)ccc1n2-c1ccccc1. The highest BCUT2D eigenvalue weighted by Gasteiger charge is 2.14. The molecule has 10 rings (SSSR count). The van der Waals surface area contributed by atoms with Gasteiger partial charge in [0, 0.05) is 32.9 Å². The van der Waals surface area contributed by atoms with Crippen molar-refractivity contribution < 1.29 is 0 Å². The number of aryl methyl sites for hydroxylation is 1. The molecule has 0 unspecified atom stereocenters. The van der Waals surface area contributed by atoms with E-state index in [0.29, 0.717) is 0 Å². The van der Waals surface area contributed by atoms with Gasteiger partial charge in [0.15, 0.2) is 0 Å². The summed E-state index contributed by atoms with van der Waals surface area (Å²) in [5.74, 6) is 0. The second kappa shape index (κ2) is 12.7. The molecule has 2 heteroatoms. The summed E-state index contributed by atoms with van der Waals surface area (Å²) in [6.45, 7) is 2.17. The van der Waals surface area contributed by atoms with Crippen molar-refractivity contribution in [3.8, 4) is 33.6 Å². The maximum atomic E-state index is 2.37. The highest BCUT2D eigenvalue weighted by Crippen LogP contribution is 2.36. The first kappa shape index (κ1) is 30.9. The third-order valence-electron chi connectivity index (χ3n) is 10.6. The first-order valence-corrected chi connectivity index (χ1v) is 18.3. The van der Waals surface area contributed by atoms with E-state index in [9.17, 15) is 0 Å². The molecule has 2 nitrogen and oxygen atoms in total. The van der Waals surface area contributed by atoms with Crippen LogP contribution in [-0.4, -0.2) is 9.13 Å². The standard InChI is InChI=1S/C51H36N2/c1-35-15-31-50-46(33-35)47-34-41(28-32-51(47)52(50)42-9-3-2-4-10-42)40-24-20-37(21-25-40)17-16-36-18-22-38(23-19-36)39-26-29-43(30-27-39)53-48-13-7-5-11-44(48)45-12-6-8-14-49(45)53/h2-34H,1H3/b17-16+. The van der Waals surface area contributed by atoms with Gasteiger partial charge in [-0.05, 0) is 101 Å². The molecule has 8 aromatic carbocycles.